The zero-order chi connectivity index (χ0) is 14.0. The third-order valence-corrected chi connectivity index (χ3v) is 3.46. The van der Waals surface area contributed by atoms with Crippen molar-refractivity contribution in [1.29, 1.82) is 0 Å². The van der Waals surface area contributed by atoms with Crippen LogP contribution in [0.4, 0.5) is 16.4 Å². The number of carboxylic acids is 1. The number of benzene rings is 1. The summed E-state index contributed by atoms with van der Waals surface area (Å²) in [5.41, 5.74) is 4.68. The van der Waals surface area contributed by atoms with Crippen LogP contribution in [-0.2, 0) is 0 Å². The molecule has 19 heavy (non-hydrogen) atoms. The second-order valence-corrected chi connectivity index (χ2v) is 5.21. The molecule has 1 aromatic carbocycles. The zero-order valence-corrected chi connectivity index (χ0v) is 11.8. The fourth-order valence-electron chi connectivity index (χ4n) is 1.79. The Morgan fingerprint density at radius 1 is 1.42 bits per heavy atom. The Kier molecular flexibility index (Phi) is 3.71. The molecular formula is C13H15N3O2S. The normalized spacial score (nSPS) is 10.3. The van der Waals surface area contributed by atoms with Crippen LogP contribution in [0.5, 0.6) is 0 Å². The van der Waals surface area contributed by atoms with Gasteiger partial charge in [0.2, 0.25) is 0 Å². The highest BCUT2D eigenvalue weighted by molar-refractivity contribution is 7.14. The van der Waals surface area contributed by atoms with Crippen molar-refractivity contribution in [2.75, 3.05) is 24.3 Å². The summed E-state index contributed by atoms with van der Waals surface area (Å²) >= 11 is 1.27. The standard InChI is InChI=1S/C13H15N3O2S/c1-8-4-5-9(6-10(8)16(2)3)15-12-11(13(17)18)14-7-19-12/h4-7,15H,1-3H3,(H,17,18). The summed E-state index contributed by atoms with van der Waals surface area (Å²) in [5, 5.41) is 12.7. The number of nitrogens with one attached hydrogen (secondary N) is 1. The van der Waals surface area contributed by atoms with Crippen LogP contribution in [0.25, 0.3) is 0 Å². The molecule has 0 bridgehead atoms. The van der Waals surface area contributed by atoms with Crippen molar-refractivity contribution in [2.45, 2.75) is 6.92 Å². The lowest BCUT2D eigenvalue weighted by Crippen LogP contribution is -2.10. The molecule has 0 amide bonds. The third kappa shape index (κ3) is 2.85. The van der Waals surface area contributed by atoms with E-state index in [-0.39, 0.29) is 5.69 Å². The number of aromatic nitrogens is 1. The van der Waals surface area contributed by atoms with Gasteiger partial charge in [0.25, 0.3) is 0 Å². The minimum absolute atomic E-state index is 0.0528. The van der Waals surface area contributed by atoms with Crippen LogP contribution in [0.2, 0.25) is 0 Å². The first-order chi connectivity index (χ1) is 8.99. The number of aryl methyl sites for hydroxylation is 1. The summed E-state index contributed by atoms with van der Waals surface area (Å²) in [5.74, 6) is -1.02. The van der Waals surface area contributed by atoms with Gasteiger partial charge in [0, 0.05) is 25.5 Å². The second-order valence-electron chi connectivity index (χ2n) is 4.36. The second kappa shape index (κ2) is 5.27. The van der Waals surface area contributed by atoms with E-state index in [0.717, 1.165) is 11.4 Å². The maximum Gasteiger partial charge on any atom is 0.357 e. The summed E-state index contributed by atoms with van der Waals surface area (Å²) < 4.78 is 0. The lowest BCUT2D eigenvalue weighted by Gasteiger charge is -2.17. The average molecular weight is 277 g/mol. The van der Waals surface area contributed by atoms with Crippen LogP contribution >= 0.6 is 11.3 Å². The largest absolute Gasteiger partial charge is 0.476 e. The average Bonchev–Trinajstić information content (AvgIpc) is 2.79. The minimum atomic E-state index is -1.02. The third-order valence-electron chi connectivity index (χ3n) is 2.72. The highest BCUT2D eigenvalue weighted by Gasteiger charge is 2.14. The molecule has 0 aliphatic carbocycles. The van der Waals surface area contributed by atoms with Crippen LogP contribution in [0, 0.1) is 6.92 Å². The molecule has 0 aliphatic heterocycles. The molecule has 0 unspecified atom stereocenters. The topological polar surface area (TPSA) is 65.5 Å². The van der Waals surface area contributed by atoms with Gasteiger partial charge in [0.1, 0.15) is 5.00 Å². The number of carbonyl (C=O) groups is 1. The van der Waals surface area contributed by atoms with Crippen molar-refractivity contribution < 1.29 is 9.90 Å². The first kappa shape index (κ1) is 13.4. The number of rotatable bonds is 4. The maximum atomic E-state index is 11.0. The molecule has 0 atom stereocenters. The number of hydrogen-bond donors (Lipinski definition) is 2. The lowest BCUT2D eigenvalue weighted by molar-refractivity contribution is 0.0692. The van der Waals surface area contributed by atoms with Crippen molar-refractivity contribution >= 4 is 33.7 Å². The summed E-state index contributed by atoms with van der Waals surface area (Å²) in [6.07, 6.45) is 0. The van der Waals surface area contributed by atoms with E-state index in [4.69, 9.17) is 5.11 Å². The SMILES string of the molecule is Cc1ccc(Nc2scnc2C(=O)O)cc1N(C)C. The first-order valence-electron chi connectivity index (χ1n) is 5.71. The number of nitrogens with zero attached hydrogens (tertiary/aromatic N) is 2. The van der Waals surface area contributed by atoms with Crippen molar-refractivity contribution in [1.82, 2.24) is 4.98 Å². The molecule has 2 N–H and O–H groups in total. The van der Waals surface area contributed by atoms with Crippen LogP contribution in [-0.4, -0.2) is 30.2 Å². The van der Waals surface area contributed by atoms with E-state index in [9.17, 15) is 4.79 Å². The molecule has 0 fully saturated rings. The molecule has 0 radical (unpaired) electrons. The number of carboxylic acid groups (broad SMARTS) is 1. The maximum absolute atomic E-state index is 11.0. The van der Waals surface area contributed by atoms with Crippen LogP contribution < -0.4 is 10.2 Å². The molecule has 6 heteroatoms. The predicted molar refractivity (Wildman–Crippen MR) is 77.9 cm³/mol. The Labute approximate surface area is 115 Å². The van der Waals surface area contributed by atoms with Gasteiger partial charge in [-0.05, 0) is 24.6 Å². The van der Waals surface area contributed by atoms with E-state index in [1.807, 2.05) is 44.1 Å². The molecule has 2 rings (SSSR count). The smallest absolute Gasteiger partial charge is 0.357 e. The van der Waals surface area contributed by atoms with Crippen LogP contribution in [0.3, 0.4) is 0 Å². The highest BCUT2D eigenvalue weighted by Crippen LogP contribution is 2.28. The summed E-state index contributed by atoms with van der Waals surface area (Å²) in [4.78, 5) is 16.9. The van der Waals surface area contributed by atoms with Crippen molar-refractivity contribution in [2.24, 2.45) is 0 Å². The van der Waals surface area contributed by atoms with Gasteiger partial charge in [-0.1, -0.05) is 6.07 Å². The summed E-state index contributed by atoms with van der Waals surface area (Å²) in [6, 6.07) is 5.91. The van der Waals surface area contributed by atoms with Gasteiger partial charge in [-0.3, -0.25) is 0 Å². The van der Waals surface area contributed by atoms with Gasteiger partial charge in [0.05, 0.1) is 5.51 Å². The lowest BCUT2D eigenvalue weighted by atomic mass is 10.1. The molecular weight excluding hydrogens is 262 g/mol. The molecule has 5 nitrogen and oxygen atoms in total. The number of aromatic carboxylic acids is 1. The Hall–Kier alpha value is -2.08. The van der Waals surface area contributed by atoms with Crippen molar-refractivity contribution in [3.63, 3.8) is 0 Å². The van der Waals surface area contributed by atoms with E-state index in [2.05, 4.69) is 10.3 Å². The van der Waals surface area contributed by atoms with E-state index >= 15 is 0 Å². The van der Waals surface area contributed by atoms with Gasteiger partial charge >= 0.3 is 5.97 Å². The highest BCUT2D eigenvalue weighted by atomic mass is 32.1. The monoisotopic (exact) mass is 277 g/mol. The first-order valence-corrected chi connectivity index (χ1v) is 6.59. The summed E-state index contributed by atoms with van der Waals surface area (Å²) in [6.45, 7) is 2.04. The Morgan fingerprint density at radius 3 is 2.79 bits per heavy atom. The Balaban J connectivity index is 2.31. The van der Waals surface area contributed by atoms with E-state index in [1.165, 1.54) is 22.4 Å². The van der Waals surface area contributed by atoms with E-state index in [0.29, 0.717) is 5.00 Å². The Bertz CT molecular complexity index is 608. The van der Waals surface area contributed by atoms with Crippen molar-refractivity contribution in [3.8, 4) is 0 Å². The Morgan fingerprint density at radius 2 is 2.16 bits per heavy atom. The number of hydrogen-bond acceptors (Lipinski definition) is 5. The quantitative estimate of drug-likeness (QED) is 0.899. The molecule has 0 aliphatic rings. The minimum Gasteiger partial charge on any atom is -0.476 e. The van der Waals surface area contributed by atoms with E-state index < -0.39 is 5.97 Å². The molecule has 100 valence electrons. The van der Waals surface area contributed by atoms with Crippen LogP contribution in [0.1, 0.15) is 16.1 Å². The van der Waals surface area contributed by atoms with Gasteiger partial charge in [-0.25, -0.2) is 9.78 Å². The molecule has 1 aromatic heterocycles. The number of thiazole rings is 1. The zero-order valence-electron chi connectivity index (χ0n) is 11.0. The van der Waals surface area contributed by atoms with E-state index in [1.54, 1.807) is 0 Å². The summed E-state index contributed by atoms with van der Waals surface area (Å²) in [7, 11) is 3.95. The molecule has 1 heterocycles. The molecule has 0 saturated carbocycles. The van der Waals surface area contributed by atoms with Gasteiger partial charge in [0.15, 0.2) is 5.69 Å². The van der Waals surface area contributed by atoms with Gasteiger partial charge < -0.3 is 15.3 Å². The molecule has 0 saturated heterocycles. The number of anilines is 3. The predicted octanol–water partition coefficient (Wildman–Crippen LogP) is 2.96. The molecule has 0 spiro atoms. The molecule has 2 aromatic rings. The fraction of sp³-hybridized carbons (Fsp3) is 0.231. The van der Waals surface area contributed by atoms with Gasteiger partial charge in [-0.15, -0.1) is 11.3 Å². The van der Waals surface area contributed by atoms with Crippen LogP contribution in [0.15, 0.2) is 23.7 Å². The van der Waals surface area contributed by atoms with Gasteiger partial charge in [-0.2, -0.15) is 0 Å². The van der Waals surface area contributed by atoms with Crippen molar-refractivity contribution in [3.05, 3.63) is 35.0 Å². The fourth-order valence-corrected chi connectivity index (χ4v) is 2.48.